The zero-order chi connectivity index (χ0) is 21.0. The number of halogens is 1. The van der Waals surface area contributed by atoms with E-state index in [4.69, 9.17) is 4.74 Å². The molecule has 1 heterocycles. The molecule has 0 aliphatic rings. The SMILES string of the molecule is Cc1ccc(NC(=O)COc2ccc(N(C)S(=O)(=O)c3cccs3)cc2)c(F)c1. The Labute approximate surface area is 172 Å². The second-order valence-corrected chi connectivity index (χ2v) is 9.36. The van der Waals surface area contributed by atoms with Crippen molar-refractivity contribution < 1.29 is 22.3 Å². The molecule has 0 aliphatic heterocycles. The average molecular weight is 435 g/mol. The molecular formula is C20H19FN2O4S2. The van der Waals surface area contributed by atoms with Crippen molar-refractivity contribution in [3.63, 3.8) is 0 Å². The summed E-state index contributed by atoms with van der Waals surface area (Å²) in [5.41, 5.74) is 1.29. The number of benzene rings is 2. The fraction of sp³-hybridized carbons (Fsp3) is 0.150. The largest absolute Gasteiger partial charge is 0.484 e. The summed E-state index contributed by atoms with van der Waals surface area (Å²) in [5.74, 6) is -0.637. The summed E-state index contributed by atoms with van der Waals surface area (Å²) in [5, 5.41) is 4.15. The van der Waals surface area contributed by atoms with Crippen molar-refractivity contribution in [3.8, 4) is 5.75 Å². The number of rotatable bonds is 7. The maximum atomic E-state index is 13.8. The molecular weight excluding hydrogens is 415 g/mol. The number of nitrogens with zero attached hydrogens (tertiary/aromatic N) is 1. The molecule has 6 nitrogen and oxygen atoms in total. The number of amides is 1. The third kappa shape index (κ3) is 4.93. The van der Waals surface area contributed by atoms with Gasteiger partial charge in [0.2, 0.25) is 0 Å². The lowest BCUT2D eigenvalue weighted by atomic mass is 10.2. The predicted molar refractivity (Wildman–Crippen MR) is 112 cm³/mol. The number of carbonyl (C=O) groups is 1. The number of aryl methyl sites for hydroxylation is 1. The highest BCUT2D eigenvalue weighted by Crippen LogP contribution is 2.26. The lowest BCUT2D eigenvalue weighted by Gasteiger charge is -2.18. The van der Waals surface area contributed by atoms with Gasteiger partial charge in [-0.25, -0.2) is 12.8 Å². The van der Waals surface area contributed by atoms with Crippen molar-refractivity contribution in [2.45, 2.75) is 11.1 Å². The monoisotopic (exact) mass is 434 g/mol. The quantitative estimate of drug-likeness (QED) is 0.609. The summed E-state index contributed by atoms with van der Waals surface area (Å²) in [4.78, 5) is 12.0. The van der Waals surface area contributed by atoms with E-state index in [1.165, 1.54) is 23.5 Å². The highest BCUT2D eigenvalue weighted by atomic mass is 32.2. The lowest BCUT2D eigenvalue weighted by Crippen LogP contribution is -2.25. The van der Waals surface area contributed by atoms with Crippen LogP contribution < -0.4 is 14.4 Å². The second-order valence-electron chi connectivity index (χ2n) is 6.22. The molecule has 1 amide bonds. The van der Waals surface area contributed by atoms with Crippen LogP contribution in [-0.4, -0.2) is 28.0 Å². The number of anilines is 2. The lowest BCUT2D eigenvalue weighted by molar-refractivity contribution is -0.118. The van der Waals surface area contributed by atoms with Crippen molar-refractivity contribution in [1.29, 1.82) is 0 Å². The van der Waals surface area contributed by atoms with Crippen molar-refractivity contribution in [2.24, 2.45) is 0 Å². The summed E-state index contributed by atoms with van der Waals surface area (Å²) in [6.07, 6.45) is 0. The number of thiophene rings is 1. The van der Waals surface area contributed by atoms with Gasteiger partial charge in [0.25, 0.3) is 15.9 Å². The minimum Gasteiger partial charge on any atom is -0.484 e. The maximum absolute atomic E-state index is 13.8. The molecule has 1 aromatic heterocycles. The van der Waals surface area contributed by atoms with E-state index in [9.17, 15) is 17.6 Å². The first-order valence-electron chi connectivity index (χ1n) is 8.58. The van der Waals surface area contributed by atoms with Crippen LogP contribution in [-0.2, 0) is 14.8 Å². The molecule has 152 valence electrons. The van der Waals surface area contributed by atoms with Gasteiger partial charge < -0.3 is 10.1 Å². The van der Waals surface area contributed by atoms with E-state index in [0.717, 1.165) is 16.9 Å². The first kappa shape index (κ1) is 20.8. The van der Waals surface area contributed by atoms with Gasteiger partial charge in [-0.15, -0.1) is 11.3 Å². The van der Waals surface area contributed by atoms with Crippen LogP contribution in [0, 0.1) is 12.7 Å². The number of sulfonamides is 1. The van der Waals surface area contributed by atoms with E-state index in [2.05, 4.69) is 5.32 Å². The van der Waals surface area contributed by atoms with Gasteiger partial charge in [-0.1, -0.05) is 12.1 Å². The van der Waals surface area contributed by atoms with Crippen LogP contribution in [0.15, 0.2) is 64.2 Å². The van der Waals surface area contributed by atoms with E-state index in [1.54, 1.807) is 54.8 Å². The van der Waals surface area contributed by atoms with Crippen LogP contribution in [0.25, 0.3) is 0 Å². The fourth-order valence-electron chi connectivity index (χ4n) is 2.49. The Morgan fingerprint density at radius 1 is 1.17 bits per heavy atom. The molecule has 3 aromatic rings. The molecule has 29 heavy (non-hydrogen) atoms. The third-order valence-electron chi connectivity index (χ3n) is 4.08. The van der Waals surface area contributed by atoms with Crippen LogP contribution in [0.4, 0.5) is 15.8 Å². The van der Waals surface area contributed by atoms with Crippen LogP contribution in [0.2, 0.25) is 0 Å². The van der Waals surface area contributed by atoms with E-state index >= 15 is 0 Å². The summed E-state index contributed by atoms with van der Waals surface area (Å²) in [7, 11) is -2.15. The molecule has 0 spiro atoms. The van der Waals surface area contributed by atoms with Gasteiger partial charge in [0.1, 0.15) is 15.8 Å². The first-order valence-corrected chi connectivity index (χ1v) is 10.9. The Morgan fingerprint density at radius 3 is 2.52 bits per heavy atom. The van der Waals surface area contributed by atoms with Crippen LogP contribution >= 0.6 is 11.3 Å². The van der Waals surface area contributed by atoms with Crippen molar-refractivity contribution in [1.82, 2.24) is 0 Å². The van der Waals surface area contributed by atoms with Gasteiger partial charge >= 0.3 is 0 Å². The number of hydrogen-bond acceptors (Lipinski definition) is 5. The topological polar surface area (TPSA) is 75.7 Å². The molecule has 0 radical (unpaired) electrons. The normalized spacial score (nSPS) is 11.1. The molecule has 0 atom stereocenters. The third-order valence-corrected chi connectivity index (χ3v) is 7.24. The Kier molecular flexibility index (Phi) is 6.19. The summed E-state index contributed by atoms with van der Waals surface area (Å²) < 4.78 is 45.7. The number of hydrogen-bond donors (Lipinski definition) is 1. The van der Waals surface area contributed by atoms with Crippen molar-refractivity contribution in [2.75, 3.05) is 23.3 Å². The minimum absolute atomic E-state index is 0.0833. The molecule has 0 fully saturated rings. The van der Waals surface area contributed by atoms with E-state index in [1.807, 2.05) is 0 Å². The van der Waals surface area contributed by atoms with Gasteiger partial charge in [0.05, 0.1) is 11.4 Å². The molecule has 0 saturated carbocycles. The summed E-state index contributed by atoms with van der Waals surface area (Å²) in [6.45, 7) is 1.44. The van der Waals surface area contributed by atoms with Crippen LogP contribution in [0.1, 0.15) is 5.56 Å². The molecule has 3 rings (SSSR count). The highest BCUT2D eigenvalue weighted by Gasteiger charge is 2.22. The smallest absolute Gasteiger partial charge is 0.273 e. The Balaban J connectivity index is 1.60. The summed E-state index contributed by atoms with van der Waals surface area (Å²) in [6, 6.07) is 14.0. The van der Waals surface area contributed by atoms with Gasteiger partial charge in [-0.2, -0.15) is 0 Å². The van der Waals surface area contributed by atoms with Gasteiger partial charge in [-0.3, -0.25) is 9.10 Å². The molecule has 0 aliphatic carbocycles. The molecule has 2 aromatic carbocycles. The van der Waals surface area contributed by atoms with E-state index in [-0.39, 0.29) is 16.5 Å². The Bertz CT molecular complexity index is 1100. The van der Waals surface area contributed by atoms with Crippen molar-refractivity contribution >= 4 is 38.6 Å². The second kappa shape index (κ2) is 8.62. The van der Waals surface area contributed by atoms with Crippen LogP contribution in [0.5, 0.6) is 5.75 Å². The number of nitrogens with one attached hydrogen (secondary N) is 1. The predicted octanol–water partition coefficient (Wildman–Crippen LogP) is 4.04. The molecule has 0 bridgehead atoms. The van der Waals surface area contributed by atoms with Gasteiger partial charge in [0.15, 0.2) is 6.61 Å². The zero-order valence-corrected chi connectivity index (χ0v) is 17.4. The standard InChI is InChI=1S/C20H19FN2O4S2/c1-14-5-10-18(17(21)12-14)22-19(24)13-27-16-8-6-15(7-9-16)23(2)29(25,26)20-4-3-11-28-20/h3-12H,13H2,1-2H3,(H,22,24). The highest BCUT2D eigenvalue weighted by molar-refractivity contribution is 7.94. The minimum atomic E-state index is -3.62. The van der Waals surface area contributed by atoms with E-state index in [0.29, 0.717) is 11.4 Å². The van der Waals surface area contributed by atoms with Crippen LogP contribution in [0.3, 0.4) is 0 Å². The molecule has 0 saturated heterocycles. The Hall–Kier alpha value is -2.91. The summed E-state index contributed by atoms with van der Waals surface area (Å²) >= 11 is 1.14. The number of carbonyl (C=O) groups excluding carboxylic acids is 1. The molecule has 1 N–H and O–H groups in total. The zero-order valence-electron chi connectivity index (χ0n) is 15.8. The Morgan fingerprint density at radius 2 is 1.90 bits per heavy atom. The van der Waals surface area contributed by atoms with Crippen molar-refractivity contribution in [3.05, 3.63) is 71.4 Å². The maximum Gasteiger partial charge on any atom is 0.273 e. The van der Waals surface area contributed by atoms with E-state index < -0.39 is 21.7 Å². The molecule has 9 heteroatoms. The fourth-order valence-corrected chi connectivity index (χ4v) is 4.85. The molecule has 0 unspecified atom stereocenters. The number of ether oxygens (including phenoxy) is 1. The average Bonchev–Trinajstić information content (AvgIpc) is 3.24. The first-order chi connectivity index (χ1) is 13.8. The van der Waals surface area contributed by atoms with Gasteiger partial charge in [0, 0.05) is 7.05 Å². The van der Waals surface area contributed by atoms with Gasteiger partial charge in [-0.05, 0) is 60.3 Å².